The number of rotatable bonds is 6. The van der Waals surface area contributed by atoms with Crippen molar-refractivity contribution >= 4 is 11.9 Å². The van der Waals surface area contributed by atoms with Crippen molar-refractivity contribution in [1.82, 2.24) is 4.90 Å². The summed E-state index contributed by atoms with van der Waals surface area (Å²) in [4.78, 5) is 24.9. The molecule has 0 spiro atoms. The molecule has 0 radical (unpaired) electrons. The Morgan fingerprint density at radius 1 is 1.24 bits per heavy atom. The van der Waals surface area contributed by atoms with Crippen LogP contribution in [0.2, 0.25) is 0 Å². The first-order chi connectivity index (χ1) is 12.1. The van der Waals surface area contributed by atoms with E-state index >= 15 is 0 Å². The van der Waals surface area contributed by atoms with Crippen molar-refractivity contribution in [2.45, 2.75) is 13.0 Å². The molecule has 132 valence electrons. The molecule has 0 aliphatic carbocycles. The highest BCUT2D eigenvalue weighted by atomic mass is 16.5. The van der Waals surface area contributed by atoms with Crippen molar-refractivity contribution < 1.29 is 28.6 Å². The number of hydrogen-bond acceptors (Lipinski definition) is 5. The van der Waals surface area contributed by atoms with Crippen molar-refractivity contribution in [1.29, 1.82) is 0 Å². The summed E-state index contributed by atoms with van der Waals surface area (Å²) in [5.41, 5.74) is 0. The van der Waals surface area contributed by atoms with Crippen molar-refractivity contribution in [2.75, 3.05) is 20.2 Å². The number of ether oxygens (including phenoxy) is 2. The highest BCUT2D eigenvalue weighted by Crippen LogP contribution is 2.27. The van der Waals surface area contributed by atoms with Crippen LogP contribution in [0.5, 0.6) is 11.5 Å². The van der Waals surface area contributed by atoms with Gasteiger partial charge in [-0.1, -0.05) is 12.1 Å². The summed E-state index contributed by atoms with van der Waals surface area (Å²) in [5.74, 6) is 0.202. The maximum absolute atomic E-state index is 12.4. The average Bonchev–Trinajstić information content (AvgIpc) is 3.29. The van der Waals surface area contributed by atoms with E-state index in [0.29, 0.717) is 30.2 Å². The lowest BCUT2D eigenvalue weighted by molar-refractivity contribution is -0.141. The second-order valence-electron chi connectivity index (χ2n) is 5.78. The number of carboxylic acid groups (broad SMARTS) is 1. The SMILES string of the molecule is COc1ccccc1OCc1ccc(C(=O)N2CCC(C(=O)O)C2)o1. The molecule has 2 aromatic rings. The summed E-state index contributed by atoms with van der Waals surface area (Å²) >= 11 is 0. The molecule has 1 aromatic heterocycles. The minimum absolute atomic E-state index is 0.158. The lowest BCUT2D eigenvalue weighted by Crippen LogP contribution is -2.29. The zero-order valence-corrected chi connectivity index (χ0v) is 13.8. The summed E-state index contributed by atoms with van der Waals surface area (Å²) in [6, 6.07) is 10.5. The van der Waals surface area contributed by atoms with E-state index in [4.69, 9.17) is 19.0 Å². The van der Waals surface area contributed by atoms with Crippen LogP contribution in [0.3, 0.4) is 0 Å². The maximum Gasteiger partial charge on any atom is 0.308 e. The van der Waals surface area contributed by atoms with Crippen LogP contribution in [0.4, 0.5) is 0 Å². The number of carboxylic acids is 1. The average molecular weight is 345 g/mol. The van der Waals surface area contributed by atoms with E-state index in [2.05, 4.69) is 0 Å². The van der Waals surface area contributed by atoms with Crippen LogP contribution in [0.1, 0.15) is 22.7 Å². The summed E-state index contributed by atoms with van der Waals surface area (Å²) in [7, 11) is 1.56. The number of likely N-dealkylation sites (tertiary alicyclic amines) is 1. The van der Waals surface area contributed by atoms with Crippen LogP contribution in [0.25, 0.3) is 0 Å². The van der Waals surface area contributed by atoms with Gasteiger partial charge >= 0.3 is 5.97 Å². The van der Waals surface area contributed by atoms with Gasteiger partial charge in [0.15, 0.2) is 17.3 Å². The second kappa shape index (κ2) is 7.29. The van der Waals surface area contributed by atoms with Crippen LogP contribution < -0.4 is 9.47 Å². The second-order valence-corrected chi connectivity index (χ2v) is 5.78. The van der Waals surface area contributed by atoms with Gasteiger partial charge in [0.05, 0.1) is 13.0 Å². The molecule has 1 amide bonds. The Labute approximate surface area is 144 Å². The number of benzene rings is 1. The van der Waals surface area contributed by atoms with Crippen molar-refractivity contribution in [3.05, 3.63) is 47.9 Å². The minimum atomic E-state index is -0.874. The van der Waals surface area contributed by atoms with Gasteiger partial charge in [-0.2, -0.15) is 0 Å². The highest BCUT2D eigenvalue weighted by molar-refractivity contribution is 5.92. The molecule has 1 saturated heterocycles. The summed E-state index contributed by atoms with van der Waals surface area (Å²) in [6.45, 7) is 0.789. The lowest BCUT2D eigenvalue weighted by atomic mass is 10.1. The van der Waals surface area contributed by atoms with Gasteiger partial charge in [0.1, 0.15) is 12.4 Å². The number of methoxy groups -OCH3 is 1. The number of nitrogens with zero attached hydrogens (tertiary/aromatic N) is 1. The predicted octanol–water partition coefficient (Wildman–Crippen LogP) is 2.41. The Hall–Kier alpha value is -2.96. The van der Waals surface area contributed by atoms with Crippen LogP contribution in [0, 0.1) is 5.92 Å². The molecule has 0 saturated carbocycles. The topological polar surface area (TPSA) is 89.2 Å². The third-order valence-electron chi connectivity index (χ3n) is 4.14. The van der Waals surface area contributed by atoms with Gasteiger partial charge in [0.2, 0.25) is 0 Å². The van der Waals surface area contributed by atoms with Crippen molar-refractivity contribution in [3.8, 4) is 11.5 Å². The van der Waals surface area contributed by atoms with Gasteiger partial charge in [-0.3, -0.25) is 9.59 Å². The number of para-hydroxylation sites is 2. The standard InChI is InChI=1S/C18H19NO6/c1-23-14-4-2-3-5-15(14)24-11-13-6-7-16(25-13)17(20)19-9-8-12(10-19)18(21)22/h2-7,12H,8-11H2,1H3,(H,21,22). The Morgan fingerprint density at radius 2 is 2.00 bits per heavy atom. The van der Waals surface area contributed by atoms with Gasteiger partial charge in [0.25, 0.3) is 5.91 Å². The third-order valence-corrected chi connectivity index (χ3v) is 4.14. The number of amides is 1. The largest absolute Gasteiger partial charge is 0.493 e. The molecule has 3 rings (SSSR count). The quantitative estimate of drug-likeness (QED) is 0.865. The van der Waals surface area contributed by atoms with Gasteiger partial charge in [-0.25, -0.2) is 0 Å². The molecular weight excluding hydrogens is 326 g/mol. The monoisotopic (exact) mass is 345 g/mol. The molecular formula is C18H19NO6. The van der Waals surface area contributed by atoms with E-state index in [9.17, 15) is 9.59 Å². The molecule has 1 fully saturated rings. The number of carbonyl (C=O) groups is 2. The number of hydrogen-bond donors (Lipinski definition) is 1. The van der Waals surface area contributed by atoms with Crippen LogP contribution in [-0.2, 0) is 11.4 Å². The van der Waals surface area contributed by atoms with E-state index in [1.54, 1.807) is 31.4 Å². The van der Waals surface area contributed by atoms with E-state index in [1.807, 2.05) is 12.1 Å². The Balaban J connectivity index is 1.61. The highest BCUT2D eigenvalue weighted by Gasteiger charge is 2.32. The lowest BCUT2D eigenvalue weighted by Gasteiger charge is -2.13. The Morgan fingerprint density at radius 3 is 2.68 bits per heavy atom. The van der Waals surface area contributed by atoms with E-state index in [1.165, 1.54) is 4.90 Å². The van der Waals surface area contributed by atoms with Crippen LogP contribution in [0.15, 0.2) is 40.8 Å². The molecule has 2 heterocycles. The fourth-order valence-electron chi connectivity index (χ4n) is 2.76. The Bertz CT molecular complexity index is 768. The fourth-order valence-corrected chi connectivity index (χ4v) is 2.76. The first-order valence-corrected chi connectivity index (χ1v) is 7.95. The molecule has 1 aromatic carbocycles. The minimum Gasteiger partial charge on any atom is -0.493 e. The number of furan rings is 1. The zero-order chi connectivity index (χ0) is 17.8. The first-order valence-electron chi connectivity index (χ1n) is 7.95. The van der Waals surface area contributed by atoms with E-state index in [-0.39, 0.29) is 24.8 Å². The summed E-state index contributed by atoms with van der Waals surface area (Å²) in [5, 5.41) is 9.02. The molecule has 7 heteroatoms. The van der Waals surface area contributed by atoms with E-state index in [0.717, 1.165) is 0 Å². The molecule has 1 unspecified atom stereocenters. The van der Waals surface area contributed by atoms with E-state index < -0.39 is 11.9 Å². The molecule has 1 atom stereocenters. The van der Waals surface area contributed by atoms with Crippen LogP contribution in [-0.4, -0.2) is 42.1 Å². The molecule has 7 nitrogen and oxygen atoms in total. The normalized spacial score (nSPS) is 16.7. The number of aliphatic carboxylic acids is 1. The summed E-state index contributed by atoms with van der Waals surface area (Å²) < 4.78 is 16.4. The molecule has 0 bridgehead atoms. The molecule has 1 aliphatic rings. The predicted molar refractivity (Wildman–Crippen MR) is 87.7 cm³/mol. The molecule has 1 aliphatic heterocycles. The smallest absolute Gasteiger partial charge is 0.308 e. The number of carbonyl (C=O) groups excluding carboxylic acids is 1. The summed E-state index contributed by atoms with van der Waals surface area (Å²) in [6.07, 6.45) is 0.464. The first kappa shape index (κ1) is 16.9. The van der Waals surface area contributed by atoms with Gasteiger partial charge in [0, 0.05) is 13.1 Å². The zero-order valence-electron chi connectivity index (χ0n) is 13.8. The van der Waals surface area contributed by atoms with Gasteiger partial charge in [-0.15, -0.1) is 0 Å². The molecule has 1 N–H and O–H groups in total. The molecule has 25 heavy (non-hydrogen) atoms. The maximum atomic E-state index is 12.4. The third kappa shape index (κ3) is 3.76. The van der Waals surface area contributed by atoms with Crippen LogP contribution >= 0.6 is 0 Å². The van der Waals surface area contributed by atoms with Gasteiger partial charge in [-0.05, 0) is 30.7 Å². The van der Waals surface area contributed by atoms with Crippen molar-refractivity contribution in [2.24, 2.45) is 5.92 Å². The van der Waals surface area contributed by atoms with Crippen molar-refractivity contribution in [3.63, 3.8) is 0 Å². The Kier molecular flexibility index (Phi) is 4.92. The van der Waals surface area contributed by atoms with Gasteiger partial charge < -0.3 is 23.9 Å². The fraction of sp³-hybridized carbons (Fsp3) is 0.333.